The molecule has 0 amide bonds. The Hall–Kier alpha value is -0.780. The molecule has 0 heteroatoms. The second-order valence-corrected chi connectivity index (χ2v) is 4.28. The predicted molar refractivity (Wildman–Crippen MR) is 75.7 cm³/mol. The molecule has 0 saturated heterocycles. The van der Waals surface area contributed by atoms with E-state index in [1.54, 1.807) is 0 Å². The third-order valence-corrected chi connectivity index (χ3v) is 2.65. The van der Waals surface area contributed by atoms with Crippen molar-refractivity contribution in [2.24, 2.45) is 0 Å². The number of hydrogen-bond donors (Lipinski definition) is 0. The van der Waals surface area contributed by atoms with E-state index in [1.807, 2.05) is 6.08 Å². The summed E-state index contributed by atoms with van der Waals surface area (Å²) in [5, 5.41) is 0. The predicted octanol–water partition coefficient (Wildman–Crippen LogP) is 5.82. The highest BCUT2D eigenvalue weighted by atomic mass is 13.9. The maximum Gasteiger partial charge on any atom is -0.0313 e. The van der Waals surface area contributed by atoms with Crippen LogP contribution in [0.2, 0.25) is 0 Å². The maximum absolute atomic E-state index is 3.70. The Balaban J connectivity index is 3.14. The monoisotopic (exact) mass is 220 g/mol. The summed E-state index contributed by atoms with van der Waals surface area (Å²) in [4.78, 5) is 0. The van der Waals surface area contributed by atoms with Gasteiger partial charge in [-0.3, -0.25) is 0 Å². The van der Waals surface area contributed by atoms with Gasteiger partial charge in [-0.1, -0.05) is 69.4 Å². The van der Waals surface area contributed by atoms with Crippen LogP contribution in [-0.2, 0) is 0 Å². The van der Waals surface area contributed by atoms with Crippen molar-refractivity contribution in [2.75, 3.05) is 0 Å². The average Bonchev–Trinajstić information content (AvgIpc) is 2.31. The van der Waals surface area contributed by atoms with Crippen molar-refractivity contribution in [2.45, 2.75) is 64.7 Å². The standard InChI is InChI=1S/C16H28/c1-3-5-7-9-11-13-15-16-14-12-10-8-6-4-2/h3,9,11,13,15H,1,4-8,10,12,14,16H2,2H3. The van der Waals surface area contributed by atoms with Crippen molar-refractivity contribution in [1.82, 2.24) is 0 Å². The van der Waals surface area contributed by atoms with Gasteiger partial charge in [0.15, 0.2) is 0 Å². The molecule has 0 fully saturated rings. The average molecular weight is 220 g/mol. The summed E-state index contributed by atoms with van der Waals surface area (Å²) < 4.78 is 0. The van der Waals surface area contributed by atoms with E-state index in [0.29, 0.717) is 0 Å². The number of hydrogen-bond acceptors (Lipinski definition) is 0. The van der Waals surface area contributed by atoms with Crippen LogP contribution in [0.5, 0.6) is 0 Å². The first kappa shape index (κ1) is 15.2. The van der Waals surface area contributed by atoms with Crippen LogP contribution in [-0.4, -0.2) is 0 Å². The Kier molecular flexibility index (Phi) is 13.5. The van der Waals surface area contributed by atoms with E-state index in [2.05, 4.69) is 37.8 Å². The zero-order valence-corrected chi connectivity index (χ0v) is 11.0. The second-order valence-electron chi connectivity index (χ2n) is 4.28. The van der Waals surface area contributed by atoms with Gasteiger partial charge in [-0.25, -0.2) is 0 Å². The lowest BCUT2D eigenvalue weighted by atomic mass is 10.1. The largest absolute Gasteiger partial charge is 0.103 e. The smallest absolute Gasteiger partial charge is 0.0313 e. The number of rotatable bonds is 11. The van der Waals surface area contributed by atoms with Crippen molar-refractivity contribution in [3.05, 3.63) is 37.0 Å². The van der Waals surface area contributed by atoms with Crippen molar-refractivity contribution < 1.29 is 0 Å². The molecule has 0 unspecified atom stereocenters. The molecule has 0 aromatic heterocycles. The molecule has 0 spiro atoms. The highest BCUT2D eigenvalue weighted by molar-refractivity contribution is 5.02. The molecule has 0 bridgehead atoms. The van der Waals surface area contributed by atoms with Gasteiger partial charge < -0.3 is 0 Å². The summed E-state index contributed by atoms with van der Waals surface area (Å²) in [6.07, 6.45) is 22.5. The van der Waals surface area contributed by atoms with Crippen molar-refractivity contribution in [3.63, 3.8) is 0 Å². The Morgan fingerprint density at radius 3 is 2.06 bits per heavy atom. The minimum atomic E-state index is 1.09. The summed E-state index contributed by atoms with van der Waals surface area (Å²) in [5.41, 5.74) is 0. The normalized spacial score (nSPS) is 11.6. The van der Waals surface area contributed by atoms with Gasteiger partial charge in [-0.05, 0) is 25.7 Å². The molecule has 0 aromatic carbocycles. The van der Waals surface area contributed by atoms with E-state index in [9.17, 15) is 0 Å². The molecular weight excluding hydrogens is 192 g/mol. The third-order valence-electron chi connectivity index (χ3n) is 2.65. The molecule has 0 aliphatic carbocycles. The van der Waals surface area contributed by atoms with Crippen LogP contribution in [0.25, 0.3) is 0 Å². The lowest BCUT2D eigenvalue weighted by Gasteiger charge is -1.97. The Bertz CT molecular complexity index is 186. The summed E-state index contributed by atoms with van der Waals surface area (Å²) in [7, 11) is 0. The molecule has 0 nitrogen and oxygen atoms in total. The summed E-state index contributed by atoms with van der Waals surface area (Å²) >= 11 is 0. The number of unbranched alkanes of at least 4 members (excludes halogenated alkanes) is 7. The number of allylic oxidation sites excluding steroid dienone is 5. The lowest BCUT2D eigenvalue weighted by Crippen LogP contribution is -1.77. The van der Waals surface area contributed by atoms with E-state index in [4.69, 9.17) is 0 Å². The lowest BCUT2D eigenvalue weighted by molar-refractivity contribution is 0.611. The van der Waals surface area contributed by atoms with Gasteiger partial charge in [0.1, 0.15) is 0 Å². The fourth-order valence-corrected chi connectivity index (χ4v) is 1.61. The molecule has 92 valence electrons. The zero-order chi connectivity index (χ0) is 11.9. The molecule has 0 aromatic rings. The van der Waals surface area contributed by atoms with Gasteiger partial charge in [0, 0.05) is 0 Å². The molecule has 0 aliphatic heterocycles. The van der Waals surface area contributed by atoms with Gasteiger partial charge >= 0.3 is 0 Å². The highest BCUT2D eigenvalue weighted by Gasteiger charge is 1.87. The van der Waals surface area contributed by atoms with E-state index in [1.165, 1.54) is 44.9 Å². The van der Waals surface area contributed by atoms with Gasteiger partial charge in [0.05, 0.1) is 0 Å². The van der Waals surface area contributed by atoms with Gasteiger partial charge in [-0.15, -0.1) is 6.58 Å². The van der Waals surface area contributed by atoms with E-state index >= 15 is 0 Å². The van der Waals surface area contributed by atoms with Crippen LogP contribution < -0.4 is 0 Å². The minimum Gasteiger partial charge on any atom is -0.103 e. The van der Waals surface area contributed by atoms with Crippen molar-refractivity contribution >= 4 is 0 Å². The van der Waals surface area contributed by atoms with E-state index in [-0.39, 0.29) is 0 Å². The second kappa shape index (κ2) is 14.2. The van der Waals surface area contributed by atoms with Gasteiger partial charge in [0.2, 0.25) is 0 Å². The van der Waals surface area contributed by atoms with E-state index < -0.39 is 0 Å². The molecule has 0 rings (SSSR count). The zero-order valence-electron chi connectivity index (χ0n) is 11.0. The molecule has 0 atom stereocenters. The quantitative estimate of drug-likeness (QED) is 0.234. The molecule has 0 heterocycles. The SMILES string of the molecule is C=CCCC=CC=CCCCCCCCC. The summed E-state index contributed by atoms with van der Waals surface area (Å²) in [5.74, 6) is 0. The van der Waals surface area contributed by atoms with E-state index in [0.717, 1.165) is 12.8 Å². The molecule has 0 saturated carbocycles. The third kappa shape index (κ3) is 13.2. The van der Waals surface area contributed by atoms with Crippen LogP contribution in [0.15, 0.2) is 37.0 Å². The summed E-state index contributed by atoms with van der Waals surface area (Å²) in [6, 6.07) is 0. The highest BCUT2D eigenvalue weighted by Crippen LogP contribution is 2.07. The molecule has 0 aliphatic rings. The maximum atomic E-state index is 3.70. The fourth-order valence-electron chi connectivity index (χ4n) is 1.61. The molecule has 0 N–H and O–H groups in total. The Morgan fingerprint density at radius 2 is 1.38 bits per heavy atom. The molecule has 16 heavy (non-hydrogen) atoms. The van der Waals surface area contributed by atoms with Crippen molar-refractivity contribution in [3.8, 4) is 0 Å². The first-order chi connectivity index (χ1) is 7.91. The van der Waals surface area contributed by atoms with Crippen LogP contribution >= 0.6 is 0 Å². The fraction of sp³-hybridized carbons (Fsp3) is 0.625. The topological polar surface area (TPSA) is 0 Å². The molecule has 0 radical (unpaired) electrons. The Labute approximate surface area is 102 Å². The van der Waals surface area contributed by atoms with Gasteiger partial charge in [-0.2, -0.15) is 0 Å². The van der Waals surface area contributed by atoms with Crippen LogP contribution in [0.3, 0.4) is 0 Å². The van der Waals surface area contributed by atoms with Gasteiger partial charge in [0.25, 0.3) is 0 Å². The van der Waals surface area contributed by atoms with Crippen LogP contribution in [0.4, 0.5) is 0 Å². The van der Waals surface area contributed by atoms with Crippen molar-refractivity contribution in [1.29, 1.82) is 0 Å². The van der Waals surface area contributed by atoms with Crippen LogP contribution in [0.1, 0.15) is 64.7 Å². The van der Waals surface area contributed by atoms with Crippen LogP contribution in [0, 0.1) is 0 Å². The minimum absolute atomic E-state index is 1.09. The first-order valence-corrected chi connectivity index (χ1v) is 6.84. The molecular formula is C16H28. The summed E-state index contributed by atoms with van der Waals surface area (Å²) in [6.45, 7) is 5.96. The Morgan fingerprint density at radius 1 is 0.750 bits per heavy atom. The first-order valence-electron chi connectivity index (χ1n) is 6.84.